The van der Waals surface area contributed by atoms with E-state index in [9.17, 15) is 0 Å². The molecule has 0 saturated heterocycles. The predicted molar refractivity (Wildman–Crippen MR) is 117 cm³/mol. The lowest BCUT2D eigenvalue weighted by molar-refractivity contribution is 0.321. The molecule has 3 nitrogen and oxygen atoms in total. The van der Waals surface area contributed by atoms with Crippen molar-refractivity contribution in [3.05, 3.63) is 82.6 Å². The largest absolute Gasteiger partial charge is 0.493 e. The lowest BCUT2D eigenvalue weighted by Crippen LogP contribution is -2.08. The van der Waals surface area contributed by atoms with E-state index in [1.807, 2.05) is 6.07 Å². The molecule has 2 aliphatic rings. The van der Waals surface area contributed by atoms with E-state index in [-0.39, 0.29) is 0 Å². The van der Waals surface area contributed by atoms with E-state index in [1.165, 1.54) is 39.3 Å². The zero-order valence-corrected chi connectivity index (χ0v) is 16.8. The molecule has 0 atom stereocenters. The van der Waals surface area contributed by atoms with Crippen LogP contribution in [0, 0.1) is 0 Å². The summed E-state index contributed by atoms with van der Waals surface area (Å²) >= 11 is 0. The van der Waals surface area contributed by atoms with E-state index in [1.54, 1.807) is 0 Å². The monoisotopic (exact) mass is 372 g/mol. The molecule has 2 aliphatic heterocycles. The van der Waals surface area contributed by atoms with Crippen LogP contribution in [0.25, 0.3) is 5.57 Å². The summed E-state index contributed by atoms with van der Waals surface area (Å²) in [5.74, 6) is 0.928. The Hall–Kier alpha value is -2.65. The highest BCUT2D eigenvalue weighted by Crippen LogP contribution is 2.27. The van der Waals surface area contributed by atoms with Crippen LogP contribution in [-0.4, -0.2) is 25.4 Å². The number of hydrogen-bond acceptors (Lipinski definition) is 3. The molecule has 2 aromatic carbocycles. The van der Waals surface area contributed by atoms with Crippen LogP contribution in [0.2, 0.25) is 0 Å². The Morgan fingerprint density at radius 1 is 0.964 bits per heavy atom. The SMILES string of the molecule is CCC1=C(c2ccc(OCCC3=C(C)CC(c4ccccc4)=N3)cc2)CNC1. The molecular formula is C25H28N2O. The molecule has 0 fully saturated rings. The molecule has 3 heteroatoms. The van der Waals surface area contributed by atoms with Crippen molar-refractivity contribution in [2.75, 3.05) is 19.7 Å². The fourth-order valence-corrected chi connectivity index (χ4v) is 3.95. The smallest absolute Gasteiger partial charge is 0.119 e. The van der Waals surface area contributed by atoms with Crippen LogP contribution < -0.4 is 10.1 Å². The number of nitrogens with zero attached hydrogens (tertiary/aromatic N) is 1. The number of nitrogens with one attached hydrogen (secondary N) is 1. The summed E-state index contributed by atoms with van der Waals surface area (Å²) in [6.07, 6.45) is 2.90. The van der Waals surface area contributed by atoms with E-state index in [4.69, 9.17) is 9.73 Å². The average Bonchev–Trinajstić information content (AvgIpc) is 3.36. The second-order valence-corrected chi connectivity index (χ2v) is 7.49. The number of allylic oxidation sites excluding steroid dienone is 1. The van der Waals surface area contributed by atoms with Crippen LogP contribution in [0.1, 0.15) is 44.2 Å². The standard InChI is InChI=1S/C25H28N2O/c1-3-19-16-26-17-23(19)20-9-11-22(12-10-20)28-14-13-24-18(2)15-25(27-24)21-7-5-4-6-8-21/h4-12,26H,3,13-17H2,1-2H3. The summed E-state index contributed by atoms with van der Waals surface area (Å²) in [6, 6.07) is 19.0. The van der Waals surface area contributed by atoms with Gasteiger partial charge in [0.15, 0.2) is 0 Å². The third-order valence-electron chi connectivity index (χ3n) is 5.61. The third kappa shape index (κ3) is 4.10. The number of aliphatic imine (C=N–C) groups is 1. The molecule has 0 saturated carbocycles. The Kier molecular flexibility index (Phi) is 5.73. The molecule has 0 bridgehead atoms. The van der Waals surface area contributed by atoms with Crippen molar-refractivity contribution in [1.29, 1.82) is 0 Å². The van der Waals surface area contributed by atoms with Gasteiger partial charge in [-0.1, -0.05) is 55.0 Å². The van der Waals surface area contributed by atoms with Crippen molar-refractivity contribution in [3.63, 3.8) is 0 Å². The van der Waals surface area contributed by atoms with Gasteiger partial charge in [0.25, 0.3) is 0 Å². The quantitative estimate of drug-likeness (QED) is 0.707. The van der Waals surface area contributed by atoms with Gasteiger partial charge in [-0.3, -0.25) is 4.99 Å². The highest BCUT2D eigenvalue weighted by Gasteiger charge is 2.16. The van der Waals surface area contributed by atoms with Crippen molar-refractivity contribution in [1.82, 2.24) is 5.32 Å². The molecule has 0 aromatic heterocycles. The molecule has 1 N–H and O–H groups in total. The zero-order chi connectivity index (χ0) is 19.3. The van der Waals surface area contributed by atoms with E-state index >= 15 is 0 Å². The lowest BCUT2D eigenvalue weighted by Gasteiger charge is -2.09. The first-order valence-corrected chi connectivity index (χ1v) is 10.2. The second kappa shape index (κ2) is 8.57. The van der Waals surface area contributed by atoms with Crippen LogP contribution in [-0.2, 0) is 0 Å². The van der Waals surface area contributed by atoms with Gasteiger partial charge in [-0.25, -0.2) is 0 Å². The van der Waals surface area contributed by atoms with E-state index in [0.29, 0.717) is 6.61 Å². The molecule has 0 radical (unpaired) electrons. The molecule has 0 amide bonds. The fourth-order valence-electron chi connectivity index (χ4n) is 3.95. The molecule has 4 rings (SSSR count). The van der Waals surface area contributed by atoms with Crippen molar-refractivity contribution in [3.8, 4) is 5.75 Å². The number of hydrogen-bond donors (Lipinski definition) is 1. The minimum atomic E-state index is 0.655. The normalized spacial score (nSPS) is 16.7. The van der Waals surface area contributed by atoms with Gasteiger partial charge in [0, 0.05) is 31.6 Å². The van der Waals surface area contributed by atoms with Gasteiger partial charge in [-0.2, -0.15) is 0 Å². The Labute approximate surface area is 167 Å². The van der Waals surface area contributed by atoms with Crippen molar-refractivity contribution >= 4 is 11.3 Å². The summed E-state index contributed by atoms with van der Waals surface area (Å²) in [6.45, 7) is 7.05. The second-order valence-electron chi connectivity index (χ2n) is 7.49. The molecule has 0 aliphatic carbocycles. The maximum Gasteiger partial charge on any atom is 0.119 e. The highest BCUT2D eigenvalue weighted by atomic mass is 16.5. The average molecular weight is 373 g/mol. The van der Waals surface area contributed by atoms with E-state index in [0.717, 1.165) is 38.1 Å². The maximum absolute atomic E-state index is 5.99. The van der Waals surface area contributed by atoms with Crippen LogP contribution >= 0.6 is 0 Å². The molecular weight excluding hydrogens is 344 g/mol. The Bertz CT molecular complexity index is 921. The molecule has 144 valence electrons. The Morgan fingerprint density at radius 3 is 2.50 bits per heavy atom. The van der Waals surface area contributed by atoms with Gasteiger partial charge < -0.3 is 10.1 Å². The summed E-state index contributed by atoms with van der Waals surface area (Å²) in [7, 11) is 0. The first kappa shape index (κ1) is 18.7. The molecule has 2 aromatic rings. The van der Waals surface area contributed by atoms with Gasteiger partial charge in [0.1, 0.15) is 5.75 Å². The first-order chi connectivity index (χ1) is 13.7. The van der Waals surface area contributed by atoms with Crippen LogP contribution in [0.15, 0.2) is 76.4 Å². The number of rotatable bonds is 7. The summed E-state index contributed by atoms with van der Waals surface area (Å²) < 4.78 is 5.99. The van der Waals surface area contributed by atoms with Gasteiger partial charge in [-0.05, 0) is 47.8 Å². The molecule has 0 unspecified atom stereocenters. The molecule has 2 heterocycles. The first-order valence-electron chi connectivity index (χ1n) is 10.2. The molecule has 0 spiro atoms. The Morgan fingerprint density at radius 2 is 1.75 bits per heavy atom. The van der Waals surface area contributed by atoms with Crippen molar-refractivity contribution in [2.24, 2.45) is 4.99 Å². The van der Waals surface area contributed by atoms with Crippen LogP contribution in [0.3, 0.4) is 0 Å². The van der Waals surface area contributed by atoms with Gasteiger partial charge in [-0.15, -0.1) is 0 Å². The minimum absolute atomic E-state index is 0.655. The van der Waals surface area contributed by atoms with Gasteiger partial charge in [0.05, 0.1) is 12.3 Å². The minimum Gasteiger partial charge on any atom is -0.493 e. The van der Waals surface area contributed by atoms with Gasteiger partial charge >= 0.3 is 0 Å². The molecule has 28 heavy (non-hydrogen) atoms. The Balaban J connectivity index is 1.34. The fraction of sp³-hybridized carbons (Fsp3) is 0.320. The van der Waals surface area contributed by atoms with Crippen molar-refractivity contribution in [2.45, 2.75) is 33.1 Å². The van der Waals surface area contributed by atoms with Crippen LogP contribution in [0.5, 0.6) is 5.75 Å². The number of ether oxygens (including phenoxy) is 1. The summed E-state index contributed by atoms with van der Waals surface area (Å²) in [5, 5.41) is 3.45. The van der Waals surface area contributed by atoms with Crippen molar-refractivity contribution < 1.29 is 4.74 Å². The predicted octanol–water partition coefficient (Wildman–Crippen LogP) is 5.39. The van der Waals surface area contributed by atoms with E-state index < -0.39 is 0 Å². The van der Waals surface area contributed by atoms with Gasteiger partial charge in [0.2, 0.25) is 0 Å². The lowest BCUT2D eigenvalue weighted by atomic mass is 10.0. The van der Waals surface area contributed by atoms with E-state index in [2.05, 4.69) is 67.7 Å². The maximum atomic E-state index is 5.99. The number of benzene rings is 2. The topological polar surface area (TPSA) is 33.6 Å². The third-order valence-corrected chi connectivity index (χ3v) is 5.61. The zero-order valence-electron chi connectivity index (χ0n) is 16.8. The highest BCUT2D eigenvalue weighted by molar-refractivity contribution is 6.04. The summed E-state index contributed by atoms with van der Waals surface area (Å²) in [5.41, 5.74) is 9.18. The summed E-state index contributed by atoms with van der Waals surface area (Å²) in [4.78, 5) is 4.86. The van der Waals surface area contributed by atoms with Crippen LogP contribution in [0.4, 0.5) is 0 Å².